The summed E-state index contributed by atoms with van der Waals surface area (Å²) in [5.74, 6) is 0. The molecule has 0 spiro atoms. The monoisotopic (exact) mass is 257 g/mol. The van der Waals surface area contributed by atoms with Crippen LogP contribution in [0.1, 0.15) is 6.42 Å². The number of hydrogen-bond donors (Lipinski definition) is 3. The number of nitrogens with two attached hydrogens (primary N) is 2. The molecule has 0 aliphatic carbocycles. The standard InChI is InChI=1S/C10H15N3O3S/c11-7-1-2-9(10(5-7)17(12,15)16)13-4-3-8(14)6-13/h1-2,5,8,14H,3-4,6,11H2,(H2,12,15,16). The summed E-state index contributed by atoms with van der Waals surface area (Å²) in [5, 5.41) is 14.6. The third kappa shape index (κ3) is 2.51. The van der Waals surface area contributed by atoms with Gasteiger partial charge in [-0.25, -0.2) is 13.6 Å². The molecule has 94 valence electrons. The second-order valence-electron chi connectivity index (χ2n) is 4.16. The number of sulfonamides is 1. The first kappa shape index (κ1) is 12.2. The maximum atomic E-state index is 11.5. The molecule has 1 unspecified atom stereocenters. The Balaban J connectivity index is 2.47. The van der Waals surface area contributed by atoms with Crippen molar-refractivity contribution in [2.24, 2.45) is 5.14 Å². The van der Waals surface area contributed by atoms with Crippen molar-refractivity contribution < 1.29 is 13.5 Å². The summed E-state index contributed by atoms with van der Waals surface area (Å²) in [7, 11) is -3.81. The van der Waals surface area contributed by atoms with E-state index in [0.717, 1.165) is 0 Å². The van der Waals surface area contributed by atoms with Crippen LogP contribution in [-0.4, -0.2) is 32.7 Å². The first-order valence-corrected chi connectivity index (χ1v) is 6.78. The molecule has 17 heavy (non-hydrogen) atoms. The number of anilines is 2. The van der Waals surface area contributed by atoms with Gasteiger partial charge < -0.3 is 15.7 Å². The van der Waals surface area contributed by atoms with Crippen LogP contribution in [0.15, 0.2) is 23.1 Å². The second kappa shape index (κ2) is 4.17. The minimum atomic E-state index is -3.81. The number of aliphatic hydroxyl groups excluding tert-OH is 1. The zero-order valence-corrected chi connectivity index (χ0v) is 10.0. The van der Waals surface area contributed by atoms with Gasteiger partial charge in [-0.2, -0.15) is 0 Å². The van der Waals surface area contributed by atoms with Gasteiger partial charge >= 0.3 is 0 Å². The number of hydrogen-bond acceptors (Lipinski definition) is 5. The van der Waals surface area contributed by atoms with Crippen LogP contribution in [0.5, 0.6) is 0 Å². The van der Waals surface area contributed by atoms with E-state index >= 15 is 0 Å². The lowest BCUT2D eigenvalue weighted by Crippen LogP contribution is -2.25. The smallest absolute Gasteiger partial charge is 0.240 e. The zero-order chi connectivity index (χ0) is 12.6. The summed E-state index contributed by atoms with van der Waals surface area (Å²) in [5.41, 5.74) is 6.41. The molecule has 1 atom stereocenters. The van der Waals surface area contributed by atoms with Gasteiger partial charge in [-0.15, -0.1) is 0 Å². The second-order valence-corrected chi connectivity index (χ2v) is 5.69. The average Bonchev–Trinajstić information content (AvgIpc) is 2.63. The molecule has 5 N–H and O–H groups in total. The maximum absolute atomic E-state index is 11.5. The van der Waals surface area contributed by atoms with E-state index in [9.17, 15) is 13.5 Å². The molecular formula is C10H15N3O3S. The van der Waals surface area contributed by atoms with Crippen LogP contribution in [0.2, 0.25) is 0 Å². The summed E-state index contributed by atoms with van der Waals surface area (Å²) >= 11 is 0. The highest BCUT2D eigenvalue weighted by atomic mass is 32.2. The maximum Gasteiger partial charge on any atom is 0.240 e. The first-order valence-electron chi connectivity index (χ1n) is 5.23. The Bertz CT molecular complexity index is 530. The van der Waals surface area contributed by atoms with E-state index in [1.807, 2.05) is 0 Å². The van der Waals surface area contributed by atoms with Crippen LogP contribution in [0.4, 0.5) is 11.4 Å². The summed E-state index contributed by atoms with van der Waals surface area (Å²) in [6, 6.07) is 4.58. The van der Waals surface area contributed by atoms with Crippen LogP contribution in [0.3, 0.4) is 0 Å². The molecule has 1 aliphatic rings. The Morgan fingerprint density at radius 3 is 2.65 bits per heavy atom. The zero-order valence-electron chi connectivity index (χ0n) is 9.20. The Kier molecular flexibility index (Phi) is 2.98. The van der Waals surface area contributed by atoms with Crippen LogP contribution in [0, 0.1) is 0 Å². The third-order valence-corrected chi connectivity index (χ3v) is 3.73. The van der Waals surface area contributed by atoms with Gasteiger partial charge in [0.2, 0.25) is 10.0 Å². The van der Waals surface area contributed by atoms with Crippen LogP contribution < -0.4 is 15.8 Å². The van der Waals surface area contributed by atoms with E-state index in [-0.39, 0.29) is 4.90 Å². The summed E-state index contributed by atoms with van der Waals surface area (Å²) in [6.45, 7) is 1.01. The molecule has 0 amide bonds. The van der Waals surface area contributed by atoms with Gasteiger partial charge in [-0.3, -0.25) is 0 Å². The minimum absolute atomic E-state index is 0.00611. The van der Waals surface area contributed by atoms with Crippen molar-refractivity contribution in [2.75, 3.05) is 23.7 Å². The Hall–Kier alpha value is -1.31. The van der Waals surface area contributed by atoms with E-state index in [0.29, 0.717) is 30.9 Å². The molecule has 1 aliphatic heterocycles. The minimum Gasteiger partial charge on any atom is -0.399 e. The molecule has 0 saturated carbocycles. The summed E-state index contributed by atoms with van der Waals surface area (Å²) in [4.78, 5) is 1.80. The number of primary sulfonamides is 1. The molecule has 1 aromatic rings. The number of nitrogen functional groups attached to an aromatic ring is 1. The van der Waals surface area contributed by atoms with Crippen LogP contribution in [0.25, 0.3) is 0 Å². The van der Waals surface area contributed by atoms with Crippen molar-refractivity contribution in [3.63, 3.8) is 0 Å². The van der Waals surface area contributed by atoms with E-state index in [2.05, 4.69) is 0 Å². The number of β-amino-alcohol motifs (C(OH)–C–C–N with tert-alkyl or cyclic N) is 1. The van der Waals surface area contributed by atoms with E-state index in [1.54, 1.807) is 17.0 Å². The first-order chi connectivity index (χ1) is 7.88. The van der Waals surface area contributed by atoms with Gasteiger partial charge in [0.25, 0.3) is 0 Å². The number of benzene rings is 1. The highest BCUT2D eigenvalue weighted by Gasteiger charge is 2.25. The Labute approximate surface area is 99.9 Å². The van der Waals surface area contributed by atoms with E-state index in [4.69, 9.17) is 10.9 Å². The van der Waals surface area contributed by atoms with Crippen molar-refractivity contribution >= 4 is 21.4 Å². The Morgan fingerprint density at radius 1 is 1.41 bits per heavy atom. The molecule has 1 saturated heterocycles. The quantitative estimate of drug-likeness (QED) is 0.618. The lowest BCUT2D eigenvalue weighted by molar-refractivity contribution is 0.198. The molecule has 0 radical (unpaired) electrons. The topological polar surface area (TPSA) is 110 Å². The fourth-order valence-corrected chi connectivity index (χ4v) is 2.77. The van der Waals surface area contributed by atoms with Crippen molar-refractivity contribution in [1.82, 2.24) is 0 Å². The Morgan fingerprint density at radius 2 is 2.12 bits per heavy atom. The number of aliphatic hydroxyl groups is 1. The van der Waals surface area contributed by atoms with Gasteiger partial charge in [0.1, 0.15) is 4.90 Å². The predicted octanol–water partition coefficient (Wildman–Crippen LogP) is -0.513. The van der Waals surface area contributed by atoms with Crippen LogP contribution in [-0.2, 0) is 10.0 Å². The third-order valence-electron chi connectivity index (χ3n) is 2.79. The largest absolute Gasteiger partial charge is 0.399 e. The molecule has 0 aromatic heterocycles. The molecule has 0 bridgehead atoms. The molecule has 6 nitrogen and oxygen atoms in total. The summed E-state index contributed by atoms with van der Waals surface area (Å²) < 4.78 is 23.0. The average molecular weight is 257 g/mol. The molecule has 2 rings (SSSR count). The highest BCUT2D eigenvalue weighted by Crippen LogP contribution is 2.29. The number of rotatable bonds is 2. The summed E-state index contributed by atoms with van der Waals surface area (Å²) in [6.07, 6.45) is 0.190. The predicted molar refractivity (Wildman–Crippen MR) is 65.1 cm³/mol. The molecule has 1 aromatic carbocycles. The fourth-order valence-electron chi connectivity index (χ4n) is 1.98. The molecule has 1 heterocycles. The van der Waals surface area contributed by atoms with Crippen LogP contribution >= 0.6 is 0 Å². The van der Waals surface area contributed by atoms with Crippen molar-refractivity contribution in [3.8, 4) is 0 Å². The van der Waals surface area contributed by atoms with E-state index < -0.39 is 16.1 Å². The normalized spacial score (nSPS) is 20.8. The lowest BCUT2D eigenvalue weighted by atomic mass is 10.2. The highest BCUT2D eigenvalue weighted by molar-refractivity contribution is 7.89. The van der Waals surface area contributed by atoms with Gasteiger partial charge in [0.15, 0.2) is 0 Å². The molecular weight excluding hydrogens is 242 g/mol. The molecule has 1 fully saturated rings. The van der Waals surface area contributed by atoms with Gasteiger partial charge in [-0.05, 0) is 24.6 Å². The molecule has 7 heteroatoms. The van der Waals surface area contributed by atoms with Gasteiger partial charge in [-0.1, -0.05) is 0 Å². The number of nitrogens with zero attached hydrogens (tertiary/aromatic N) is 1. The lowest BCUT2D eigenvalue weighted by Gasteiger charge is -2.20. The van der Waals surface area contributed by atoms with Crippen molar-refractivity contribution in [3.05, 3.63) is 18.2 Å². The van der Waals surface area contributed by atoms with Crippen molar-refractivity contribution in [2.45, 2.75) is 17.4 Å². The van der Waals surface area contributed by atoms with Gasteiger partial charge in [0.05, 0.1) is 11.8 Å². The fraction of sp³-hybridized carbons (Fsp3) is 0.400. The SMILES string of the molecule is Nc1ccc(N2CCC(O)C2)c(S(N)(=O)=O)c1. The van der Waals surface area contributed by atoms with Crippen molar-refractivity contribution in [1.29, 1.82) is 0 Å². The van der Waals surface area contributed by atoms with E-state index in [1.165, 1.54) is 6.07 Å². The van der Waals surface area contributed by atoms with Gasteiger partial charge in [0, 0.05) is 18.8 Å².